The Morgan fingerprint density at radius 2 is 2.31 bits per heavy atom. The molecule has 92 valence electrons. The third-order valence-electron chi connectivity index (χ3n) is 3.22. The smallest absolute Gasteiger partial charge is 0.409 e. The van der Waals surface area contributed by atoms with Crippen molar-refractivity contribution < 1.29 is 14.3 Å². The molecule has 1 heterocycles. The van der Waals surface area contributed by atoms with E-state index in [1.54, 1.807) is 4.90 Å². The van der Waals surface area contributed by atoms with Crippen molar-refractivity contribution in [2.45, 2.75) is 38.7 Å². The van der Waals surface area contributed by atoms with Crippen LogP contribution in [0.2, 0.25) is 0 Å². The first-order chi connectivity index (χ1) is 7.81. The fourth-order valence-corrected chi connectivity index (χ4v) is 1.99. The zero-order chi connectivity index (χ0) is 11.4. The highest BCUT2D eigenvalue weighted by Gasteiger charge is 2.36. The number of hydrogen-bond acceptors (Lipinski definition) is 3. The Morgan fingerprint density at radius 3 is 3.00 bits per heavy atom. The van der Waals surface area contributed by atoms with Crippen LogP contribution in [0.25, 0.3) is 0 Å². The van der Waals surface area contributed by atoms with Gasteiger partial charge in [-0.15, -0.1) is 0 Å². The highest BCUT2D eigenvalue weighted by atomic mass is 16.6. The van der Waals surface area contributed by atoms with Crippen molar-refractivity contribution in [2.75, 3.05) is 26.3 Å². The average Bonchev–Trinajstić information content (AvgIpc) is 3.13. The highest BCUT2D eigenvalue weighted by molar-refractivity contribution is 5.67. The first-order valence-electron chi connectivity index (χ1n) is 6.34. The monoisotopic (exact) mass is 227 g/mol. The zero-order valence-corrected chi connectivity index (χ0v) is 9.98. The van der Waals surface area contributed by atoms with Gasteiger partial charge in [0.05, 0.1) is 25.9 Å². The fourth-order valence-electron chi connectivity index (χ4n) is 1.99. The van der Waals surface area contributed by atoms with Crippen molar-refractivity contribution >= 4 is 6.09 Å². The van der Waals surface area contributed by atoms with Gasteiger partial charge in [-0.05, 0) is 25.2 Å². The predicted molar refractivity (Wildman–Crippen MR) is 60.3 cm³/mol. The molecule has 1 amide bonds. The van der Waals surface area contributed by atoms with E-state index in [-0.39, 0.29) is 12.2 Å². The van der Waals surface area contributed by atoms with Gasteiger partial charge in [0.15, 0.2) is 0 Å². The van der Waals surface area contributed by atoms with Crippen molar-refractivity contribution in [3.63, 3.8) is 0 Å². The third kappa shape index (κ3) is 3.11. The van der Waals surface area contributed by atoms with Gasteiger partial charge in [-0.2, -0.15) is 0 Å². The lowest BCUT2D eigenvalue weighted by Gasteiger charge is -2.32. The summed E-state index contributed by atoms with van der Waals surface area (Å²) >= 11 is 0. The van der Waals surface area contributed by atoms with E-state index in [4.69, 9.17) is 9.47 Å². The van der Waals surface area contributed by atoms with E-state index in [0.29, 0.717) is 25.7 Å². The maximum absolute atomic E-state index is 11.7. The number of rotatable bonds is 4. The molecule has 2 aliphatic rings. The summed E-state index contributed by atoms with van der Waals surface area (Å²) in [6, 6.07) is 0. The standard InChI is InChI=1S/C12H21NO3/c1-2-3-7-16-12(14)13-6-8-15-11(9-13)10-4-5-10/h10-11H,2-9H2,1H3. The van der Waals surface area contributed by atoms with Crippen LogP contribution in [0.1, 0.15) is 32.6 Å². The second kappa shape index (κ2) is 5.53. The molecule has 16 heavy (non-hydrogen) atoms. The van der Waals surface area contributed by atoms with Gasteiger partial charge in [0, 0.05) is 6.54 Å². The van der Waals surface area contributed by atoms with Crippen molar-refractivity contribution in [2.24, 2.45) is 5.92 Å². The van der Waals surface area contributed by atoms with Crippen LogP contribution >= 0.6 is 0 Å². The molecule has 1 unspecified atom stereocenters. The van der Waals surface area contributed by atoms with Gasteiger partial charge >= 0.3 is 6.09 Å². The van der Waals surface area contributed by atoms with E-state index in [0.717, 1.165) is 19.4 Å². The normalized spacial score (nSPS) is 25.6. The Hall–Kier alpha value is -0.770. The van der Waals surface area contributed by atoms with Crippen molar-refractivity contribution in [1.82, 2.24) is 4.90 Å². The van der Waals surface area contributed by atoms with Crippen LogP contribution in [0.5, 0.6) is 0 Å². The molecule has 1 atom stereocenters. The average molecular weight is 227 g/mol. The lowest BCUT2D eigenvalue weighted by molar-refractivity contribution is -0.0369. The minimum absolute atomic E-state index is 0.164. The van der Waals surface area contributed by atoms with Gasteiger partial charge in [0.2, 0.25) is 0 Å². The second-order valence-electron chi connectivity index (χ2n) is 4.66. The first kappa shape index (κ1) is 11.7. The number of amides is 1. The fraction of sp³-hybridized carbons (Fsp3) is 0.917. The summed E-state index contributed by atoms with van der Waals surface area (Å²) in [5.74, 6) is 0.686. The SMILES string of the molecule is CCCCOC(=O)N1CCOC(C2CC2)C1. The van der Waals surface area contributed by atoms with Gasteiger partial charge in [-0.25, -0.2) is 4.79 Å². The molecule has 0 aromatic carbocycles. The molecule has 0 bridgehead atoms. The number of hydrogen-bond donors (Lipinski definition) is 0. The molecule has 1 saturated heterocycles. The topological polar surface area (TPSA) is 38.8 Å². The minimum atomic E-state index is -0.164. The van der Waals surface area contributed by atoms with Gasteiger partial charge in [-0.3, -0.25) is 0 Å². The Morgan fingerprint density at radius 1 is 1.50 bits per heavy atom. The molecule has 2 fully saturated rings. The molecular formula is C12H21NO3. The van der Waals surface area contributed by atoms with Gasteiger partial charge < -0.3 is 14.4 Å². The Bertz CT molecular complexity index is 240. The molecule has 0 radical (unpaired) electrons. The summed E-state index contributed by atoms with van der Waals surface area (Å²) in [6.07, 6.45) is 4.60. The summed E-state index contributed by atoms with van der Waals surface area (Å²) in [5.41, 5.74) is 0. The maximum atomic E-state index is 11.7. The molecule has 1 aliphatic carbocycles. The van der Waals surface area contributed by atoms with Gasteiger partial charge in [0.1, 0.15) is 0 Å². The predicted octanol–water partition coefficient (Wildman–Crippen LogP) is 2.03. The summed E-state index contributed by atoms with van der Waals surface area (Å²) in [5, 5.41) is 0. The van der Waals surface area contributed by atoms with E-state index in [1.165, 1.54) is 12.8 Å². The van der Waals surface area contributed by atoms with Crippen LogP contribution in [-0.4, -0.2) is 43.4 Å². The number of carbonyl (C=O) groups is 1. The van der Waals surface area contributed by atoms with Crippen LogP contribution < -0.4 is 0 Å². The van der Waals surface area contributed by atoms with Crippen molar-refractivity contribution in [1.29, 1.82) is 0 Å². The Balaban J connectivity index is 1.72. The first-order valence-corrected chi connectivity index (χ1v) is 6.34. The Labute approximate surface area is 96.9 Å². The molecule has 0 aromatic heterocycles. The maximum Gasteiger partial charge on any atom is 0.409 e. The van der Waals surface area contributed by atoms with E-state index in [2.05, 4.69) is 6.92 Å². The van der Waals surface area contributed by atoms with Crippen LogP contribution in [0, 0.1) is 5.92 Å². The summed E-state index contributed by atoms with van der Waals surface area (Å²) in [6.45, 7) is 4.68. The van der Waals surface area contributed by atoms with Gasteiger partial charge in [-0.1, -0.05) is 13.3 Å². The van der Waals surface area contributed by atoms with Crippen LogP contribution in [0.4, 0.5) is 4.79 Å². The lowest BCUT2D eigenvalue weighted by Crippen LogP contribution is -2.46. The molecule has 4 heteroatoms. The van der Waals surface area contributed by atoms with Gasteiger partial charge in [0.25, 0.3) is 0 Å². The second-order valence-corrected chi connectivity index (χ2v) is 4.66. The number of morpholine rings is 1. The molecule has 1 aliphatic heterocycles. The summed E-state index contributed by atoms with van der Waals surface area (Å²) in [7, 11) is 0. The Kier molecular flexibility index (Phi) is 4.04. The molecule has 4 nitrogen and oxygen atoms in total. The zero-order valence-electron chi connectivity index (χ0n) is 9.98. The largest absolute Gasteiger partial charge is 0.449 e. The van der Waals surface area contributed by atoms with Crippen LogP contribution in [-0.2, 0) is 9.47 Å². The summed E-state index contributed by atoms with van der Waals surface area (Å²) < 4.78 is 10.9. The molecular weight excluding hydrogens is 206 g/mol. The molecule has 2 rings (SSSR count). The van der Waals surface area contributed by atoms with E-state index >= 15 is 0 Å². The number of ether oxygens (including phenoxy) is 2. The molecule has 1 saturated carbocycles. The summed E-state index contributed by atoms with van der Waals surface area (Å²) in [4.78, 5) is 13.5. The number of unbranched alkanes of at least 4 members (excludes halogenated alkanes) is 1. The highest BCUT2D eigenvalue weighted by Crippen LogP contribution is 2.35. The lowest BCUT2D eigenvalue weighted by atomic mass is 10.2. The third-order valence-corrected chi connectivity index (χ3v) is 3.22. The number of carbonyl (C=O) groups excluding carboxylic acids is 1. The van der Waals surface area contributed by atoms with E-state index < -0.39 is 0 Å². The minimum Gasteiger partial charge on any atom is -0.449 e. The quantitative estimate of drug-likeness (QED) is 0.690. The molecule has 0 spiro atoms. The van der Waals surface area contributed by atoms with E-state index in [9.17, 15) is 4.79 Å². The molecule has 0 N–H and O–H groups in total. The van der Waals surface area contributed by atoms with E-state index in [1.807, 2.05) is 0 Å². The van der Waals surface area contributed by atoms with Crippen molar-refractivity contribution in [3.05, 3.63) is 0 Å². The van der Waals surface area contributed by atoms with Crippen LogP contribution in [0.15, 0.2) is 0 Å². The number of nitrogens with zero attached hydrogens (tertiary/aromatic N) is 1. The molecule has 0 aromatic rings. The van der Waals surface area contributed by atoms with Crippen LogP contribution in [0.3, 0.4) is 0 Å². The van der Waals surface area contributed by atoms with Crippen molar-refractivity contribution in [3.8, 4) is 0 Å².